The third-order valence-corrected chi connectivity index (χ3v) is 3.50. The smallest absolute Gasteiger partial charge is 0.324 e. The molecule has 3 nitrogen and oxygen atoms in total. The van der Waals surface area contributed by atoms with Gasteiger partial charge in [0.15, 0.2) is 0 Å². The Morgan fingerprint density at radius 2 is 1.71 bits per heavy atom. The molecule has 0 aliphatic carbocycles. The zero-order valence-corrected chi connectivity index (χ0v) is 10.2. The molecule has 0 saturated carbocycles. The van der Waals surface area contributed by atoms with E-state index in [9.17, 15) is 4.57 Å². The zero-order valence-electron chi connectivity index (χ0n) is 9.28. The number of hydrogen-bond acceptors (Lipinski definition) is 1. The summed E-state index contributed by atoms with van der Waals surface area (Å²) in [7, 11) is -3.76. The van der Waals surface area contributed by atoms with Gasteiger partial charge in [-0.3, -0.25) is 4.57 Å². The molecule has 0 saturated heterocycles. The molecular formula is C10H23O3P. The fraction of sp³-hybridized carbons (Fsp3) is 1.00. The Kier molecular flexibility index (Phi) is 7.52. The van der Waals surface area contributed by atoms with E-state index in [0.717, 1.165) is 12.8 Å². The summed E-state index contributed by atoms with van der Waals surface area (Å²) in [5.74, 6) is 0.654. The van der Waals surface area contributed by atoms with Crippen molar-refractivity contribution < 1.29 is 14.4 Å². The molecule has 0 spiro atoms. The van der Waals surface area contributed by atoms with Crippen LogP contribution >= 0.6 is 7.60 Å². The van der Waals surface area contributed by atoms with Crippen molar-refractivity contribution in [1.82, 2.24) is 0 Å². The highest BCUT2D eigenvalue weighted by Gasteiger charge is 2.13. The molecule has 0 aromatic heterocycles. The van der Waals surface area contributed by atoms with Gasteiger partial charge in [-0.1, -0.05) is 39.5 Å². The van der Waals surface area contributed by atoms with E-state index in [-0.39, 0.29) is 6.16 Å². The van der Waals surface area contributed by atoms with Gasteiger partial charge in [0.25, 0.3) is 0 Å². The van der Waals surface area contributed by atoms with Crippen LogP contribution < -0.4 is 0 Å². The predicted molar refractivity (Wildman–Crippen MR) is 59.5 cm³/mol. The van der Waals surface area contributed by atoms with Crippen molar-refractivity contribution in [3.8, 4) is 0 Å². The maximum absolute atomic E-state index is 10.6. The Morgan fingerprint density at radius 1 is 1.14 bits per heavy atom. The highest BCUT2D eigenvalue weighted by atomic mass is 31.2. The van der Waals surface area contributed by atoms with Gasteiger partial charge in [-0.25, -0.2) is 0 Å². The largest absolute Gasteiger partial charge is 0.325 e. The van der Waals surface area contributed by atoms with Crippen LogP contribution in [-0.2, 0) is 4.57 Å². The summed E-state index contributed by atoms with van der Waals surface area (Å²) >= 11 is 0. The van der Waals surface area contributed by atoms with Gasteiger partial charge in [0, 0.05) is 6.16 Å². The Bertz CT molecular complexity index is 176. The van der Waals surface area contributed by atoms with Crippen LogP contribution in [0.4, 0.5) is 0 Å². The van der Waals surface area contributed by atoms with Crippen molar-refractivity contribution in [2.45, 2.75) is 52.4 Å². The highest BCUT2D eigenvalue weighted by Crippen LogP contribution is 2.36. The standard InChI is InChI=1S/C10H23O3P/c1-3-5-7-10(4-2)8-6-9-14(11,12)13/h10H,3-9H2,1-2H3,(H2,11,12,13). The van der Waals surface area contributed by atoms with Gasteiger partial charge in [-0.15, -0.1) is 0 Å². The fourth-order valence-corrected chi connectivity index (χ4v) is 2.23. The second-order valence-electron chi connectivity index (χ2n) is 3.95. The van der Waals surface area contributed by atoms with Crippen LogP contribution in [0.15, 0.2) is 0 Å². The quantitative estimate of drug-likeness (QED) is 0.620. The van der Waals surface area contributed by atoms with E-state index in [1.165, 1.54) is 19.3 Å². The van der Waals surface area contributed by atoms with Crippen molar-refractivity contribution >= 4 is 7.60 Å². The molecule has 0 aliphatic heterocycles. The molecule has 4 heteroatoms. The molecule has 0 amide bonds. The summed E-state index contributed by atoms with van der Waals surface area (Å²) < 4.78 is 10.6. The van der Waals surface area contributed by atoms with E-state index in [4.69, 9.17) is 9.79 Å². The van der Waals surface area contributed by atoms with Gasteiger partial charge in [-0.2, -0.15) is 0 Å². The first-order valence-electron chi connectivity index (χ1n) is 5.54. The van der Waals surface area contributed by atoms with E-state index < -0.39 is 7.60 Å². The highest BCUT2D eigenvalue weighted by molar-refractivity contribution is 7.51. The van der Waals surface area contributed by atoms with Crippen LogP contribution in [0.25, 0.3) is 0 Å². The Labute approximate surface area is 87.1 Å². The molecule has 14 heavy (non-hydrogen) atoms. The van der Waals surface area contributed by atoms with Crippen LogP contribution in [0.3, 0.4) is 0 Å². The van der Waals surface area contributed by atoms with E-state index in [1.54, 1.807) is 0 Å². The lowest BCUT2D eigenvalue weighted by Gasteiger charge is -2.14. The normalized spacial score (nSPS) is 14.3. The van der Waals surface area contributed by atoms with Crippen molar-refractivity contribution in [3.63, 3.8) is 0 Å². The van der Waals surface area contributed by atoms with Crippen LogP contribution in [-0.4, -0.2) is 15.9 Å². The SMILES string of the molecule is CCCCC(CC)CCCP(=O)(O)O. The predicted octanol–water partition coefficient (Wildman–Crippen LogP) is 3.16. The van der Waals surface area contributed by atoms with Crippen molar-refractivity contribution in [3.05, 3.63) is 0 Å². The summed E-state index contributed by atoms with van der Waals surface area (Å²) in [5, 5.41) is 0. The third kappa shape index (κ3) is 8.74. The van der Waals surface area contributed by atoms with E-state index in [1.807, 2.05) is 0 Å². The molecule has 86 valence electrons. The van der Waals surface area contributed by atoms with Crippen LogP contribution in [0.2, 0.25) is 0 Å². The average Bonchev–Trinajstić information content (AvgIpc) is 2.09. The topological polar surface area (TPSA) is 57.5 Å². The van der Waals surface area contributed by atoms with Gasteiger partial charge in [-0.05, 0) is 18.8 Å². The third-order valence-electron chi connectivity index (χ3n) is 2.61. The Morgan fingerprint density at radius 3 is 2.14 bits per heavy atom. The molecule has 0 heterocycles. The summed E-state index contributed by atoms with van der Waals surface area (Å²) in [5.41, 5.74) is 0. The number of rotatable bonds is 8. The summed E-state index contributed by atoms with van der Waals surface area (Å²) in [6.07, 6.45) is 6.43. The molecule has 0 rings (SSSR count). The van der Waals surface area contributed by atoms with Gasteiger partial charge in [0.2, 0.25) is 0 Å². The molecule has 0 fully saturated rings. The zero-order chi connectivity index (χ0) is 11.0. The number of hydrogen-bond donors (Lipinski definition) is 2. The molecule has 0 aliphatic rings. The maximum atomic E-state index is 10.6. The van der Waals surface area contributed by atoms with E-state index in [2.05, 4.69) is 13.8 Å². The maximum Gasteiger partial charge on any atom is 0.325 e. The Hall–Kier alpha value is 0.150. The first-order chi connectivity index (χ1) is 6.49. The van der Waals surface area contributed by atoms with Crippen LogP contribution in [0.1, 0.15) is 52.4 Å². The molecule has 2 N–H and O–H groups in total. The molecule has 1 atom stereocenters. The van der Waals surface area contributed by atoms with Crippen molar-refractivity contribution in [2.24, 2.45) is 5.92 Å². The first-order valence-corrected chi connectivity index (χ1v) is 7.34. The fourth-order valence-electron chi connectivity index (χ4n) is 1.63. The minimum Gasteiger partial charge on any atom is -0.324 e. The van der Waals surface area contributed by atoms with Crippen molar-refractivity contribution in [2.75, 3.05) is 6.16 Å². The average molecular weight is 222 g/mol. The van der Waals surface area contributed by atoms with Crippen molar-refractivity contribution in [1.29, 1.82) is 0 Å². The van der Waals surface area contributed by atoms with Crippen LogP contribution in [0.5, 0.6) is 0 Å². The van der Waals surface area contributed by atoms with Crippen LogP contribution in [0, 0.1) is 5.92 Å². The van der Waals surface area contributed by atoms with Gasteiger partial charge in [0.1, 0.15) is 0 Å². The lowest BCUT2D eigenvalue weighted by Crippen LogP contribution is -2.00. The molecule has 1 unspecified atom stereocenters. The lowest BCUT2D eigenvalue weighted by atomic mass is 9.95. The number of unbranched alkanes of at least 4 members (excludes halogenated alkanes) is 1. The Balaban J connectivity index is 3.57. The molecule has 0 radical (unpaired) electrons. The lowest BCUT2D eigenvalue weighted by molar-refractivity contribution is 0.363. The van der Waals surface area contributed by atoms with Gasteiger partial charge in [0.05, 0.1) is 0 Å². The molecular weight excluding hydrogens is 199 g/mol. The van der Waals surface area contributed by atoms with Gasteiger partial charge >= 0.3 is 7.60 Å². The van der Waals surface area contributed by atoms with Gasteiger partial charge < -0.3 is 9.79 Å². The summed E-state index contributed by atoms with van der Waals surface area (Å²) in [6.45, 7) is 4.32. The van der Waals surface area contributed by atoms with E-state index in [0.29, 0.717) is 12.3 Å². The summed E-state index contributed by atoms with van der Waals surface area (Å²) in [4.78, 5) is 17.4. The summed E-state index contributed by atoms with van der Waals surface area (Å²) in [6, 6.07) is 0. The minimum atomic E-state index is -3.76. The van der Waals surface area contributed by atoms with E-state index >= 15 is 0 Å². The first kappa shape index (κ1) is 14.2. The minimum absolute atomic E-state index is 0.0512. The molecule has 0 aromatic carbocycles. The molecule has 0 aromatic rings. The molecule has 0 bridgehead atoms. The second-order valence-corrected chi connectivity index (χ2v) is 5.72. The second kappa shape index (κ2) is 7.44. The monoisotopic (exact) mass is 222 g/mol.